The summed E-state index contributed by atoms with van der Waals surface area (Å²) in [6.07, 6.45) is -5.84. The summed E-state index contributed by atoms with van der Waals surface area (Å²) in [5.41, 5.74) is 3.91. The first-order chi connectivity index (χ1) is 7.59. The number of alkyl halides is 5. The summed E-state index contributed by atoms with van der Waals surface area (Å²) < 4.78 is 61.8. The number of nitrogens with two attached hydrogens (primary N) is 1. The highest BCUT2D eigenvalue weighted by molar-refractivity contribution is 5.46. The van der Waals surface area contributed by atoms with Crippen LogP contribution in [0.3, 0.4) is 0 Å². The van der Waals surface area contributed by atoms with E-state index in [4.69, 9.17) is 15.9 Å². The van der Waals surface area contributed by atoms with Crippen LogP contribution in [0, 0.1) is 0 Å². The van der Waals surface area contributed by atoms with Crippen LogP contribution in [0.25, 0.3) is 0 Å². The molecule has 4 N–H and O–H groups in total. The van der Waals surface area contributed by atoms with Gasteiger partial charge in [0.15, 0.2) is 11.5 Å². The van der Waals surface area contributed by atoms with E-state index in [1.807, 2.05) is 0 Å². The predicted molar refractivity (Wildman–Crippen MR) is 47.7 cm³/mol. The summed E-state index contributed by atoms with van der Waals surface area (Å²) in [4.78, 5) is 0. The van der Waals surface area contributed by atoms with Crippen LogP contribution in [-0.4, -0.2) is 22.3 Å². The van der Waals surface area contributed by atoms with Crippen molar-refractivity contribution in [2.45, 2.75) is 18.1 Å². The maximum atomic E-state index is 12.9. The lowest BCUT2D eigenvalue weighted by Gasteiger charge is -2.26. The SMILES string of the molecule is N[C@H](c1cccc(O)c1O)C(F)(F)C(F)(F)F. The van der Waals surface area contributed by atoms with Gasteiger partial charge in [0.05, 0.1) is 0 Å². The highest BCUT2D eigenvalue weighted by Crippen LogP contribution is 2.46. The number of benzene rings is 1. The Morgan fingerprint density at radius 1 is 1.06 bits per heavy atom. The molecule has 0 saturated heterocycles. The molecule has 1 aromatic carbocycles. The molecule has 17 heavy (non-hydrogen) atoms. The van der Waals surface area contributed by atoms with Crippen molar-refractivity contribution >= 4 is 0 Å². The Morgan fingerprint density at radius 2 is 1.59 bits per heavy atom. The van der Waals surface area contributed by atoms with E-state index in [0.29, 0.717) is 0 Å². The van der Waals surface area contributed by atoms with Crippen LogP contribution in [0.4, 0.5) is 22.0 Å². The average molecular weight is 257 g/mol. The fraction of sp³-hybridized carbons (Fsp3) is 0.333. The van der Waals surface area contributed by atoms with E-state index in [9.17, 15) is 22.0 Å². The van der Waals surface area contributed by atoms with E-state index in [1.54, 1.807) is 0 Å². The minimum atomic E-state index is -5.84. The van der Waals surface area contributed by atoms with Crippen molar-refractivity contribution in [3.8, 4) is 11.5 Å². The van der Waals surface area contributed by atoms with Gasteiger partial charge in [0.1, 0.15) is 6.04 Å². The van der Waals surface area contributed by atoms with Crippen LogP contribution >= 0.6 is 0 Å². The minimum Gasteiger partial charge on any atom is -0.504 e. The van der Waals surface area contributed by atoms with Crippen LogP contribution in [0.1, 0.15) is 11.6 Å². The summed E-state index contributed by atoms with van der Waals surface area (Å²) in [5, 5.41) is 18.2. The van der Waals surface area contributed by atoms with Crippen LogP contribution < -0.4 is 5.73 Å². The second-order valence-electron chi connectivity index (χ2n) is 3.31. The third kappa shape index (κ3) is 2.26. The van der Waals surface area contributed by atoms with Crippen LogP contribution in [-0.2, 0) is 0 Å². The van der Waals surface area contributed by atoms with Gasteiger partial charge in [-0.2, -0.15) is 22.0 Å². The van der Waals surface area contributed by atoms with Crippen molar-refractivity contribution in [1.82, 2.24) is 0 Å². The van der Waals surface area contributed by atoms with E-state index >= 15 is 0 Å². The van der Waals surface area contributed by atoms with Crippen molar-refractivity contribution < 1.29 is 32.2 Å². The molecule has 96 valence electrons. The summed E-state index contributed by atoms with van der Waals surface area (Å²) in [7, 11) is 0. The molecule has 1 atom stereocenters. The maximum Gasteiger partial charge on any atom is 0.455 e. The topological polar surface area (TPSA) is 66.5 Å². The quantitative estimate of drug-likeness (QED) is 0.562. The smallest absolute Gasteiger partial charge is 0.455 e. The monoisotopic (exact) mass is 257 g/mol. The van der Waals surface area contributed by atoms with Gasteiger partial charge >= 0.3 is 12.1 Å². The number of hydrogen-bond acceptors (Lipinski definition) is 3. The van der Waals surface area contributed by atoms with Crippen molar-refractivity contribution in [3.05, 3.63) is 23.8 Å². The first kappa shape index (κ1) is 13.5. The van der Waals surface area contributed by atoms with Gasteiger partial charge in [-0.3, -0.25) is 0 Å². The van der Waals surface area contributed by atoms with Gasteiger partial charge in [0.25, 0.3) is 0 Å². The van der Waals surface area contributed by atoms with E-state index in [0.717, 1.165) is 18.2 Å². The van der Waals surface area contributed by atoms with Gasteiger partial charge in [-0.25, -0.2) is 0 Å². The van der Waals surface area contributed by atoms with Crippen LogP contribution in [0.15, 0.2) is 18.2 Å². The van der Waals surface area contributed by atoms with E-state index < -0.39 is 35.2 Å². The molecule has 0 radical (unpaired) electrons. The van der Waals surface area contributed by atoms with Crippen molar-refractivity contribution in [3.63, 3.8) is 0 Å². The zero-order valence-electron chi connectivity index (χ0n) is 8.17. The van der Waals surface area contributed by atoms with Crippen molar-refractivity contribution in [1.29, 1.82) is 0 Å². The fourth-order valence-electron chi connectivity index (χ4n) is 1.17. The molecule has 0 spiro atoms. The molecule has 8 heteroatoms. The second-order valence-corrected chi connectivity index (χ2v) is 3.31. The highest BCUT2D eigenvalue weighted by Gasteiger charge is 2.62. The van der Waals surface area contributed by atoms with Gasteiger partial charge in [-0.05, 0) is 6.07 Å². The Balaban J connectivity index is 3.22. The lowest BCUT2D eigenvalue weighted by molar-refractivity contribution is -0.291. The standard InChI is InChI=1S/C9H8F5NO2/c10-8(11,9(12,13)14)7(15)4-2-1-3-5(16)6(4)17/h1-3,7,16-17H,15H2/t7-/m1/s1. The van der Waals surface area contributed by atoms with Gasteiger partial charge < -0.3 is 15.9 Å². The molecule has 1 rings (SSSR count). The molecule has 1 aromatic rings. The number of hydrogen-bond donors (Lipinski definition) is 3. The molecular formula is C9H8F5NO2. The molecule has 0 heterocycles. The van der Waals surface area contributed by atoms with Crippen molar-refractivity contribution in [2.24, 2.45) is 5.73 Å². The van der Waals surface area contributed by atoms with Crippen molar-refractivity contribution in [2.75, 3.05) is 0 Å². The lowest BCUT2D eigenvalue weighted by atomic mass is 9.99. The summed E-state index contributed by atoms with van der Waals surface area (Å²) in [6.45, 7) is 0. The first-order valence-corrected chi connectivity index (χ1v) is 4.30. The fourth-order valence-corrected chi connectivity index (χ4v) is 1.17. The molecule has 0 aliphatic rings. The molecule has 0 aliphatic heterocycles. The lowest BCUT2D eigenvalue weighted by Crippen LogP contribution is -2.45. The first-order valence-electron chi connectivity index (χ1n) is 4.30. The van der Waals surface area contributed by atoms with Gasteiger partial charge in [0, 0.05) is 5.56 Å². The Kier molecular flexibility index (Phi) is 3.19. The Labute approximate surface area is 92.3 Å². The van der Waals surface area contributed by atoms with Crippen LogP contribution in [0.2, 0.25) is 0 Å². The number of phenolic OH excluding ortho intramolecular Hbond substituents is 2. The number of phenols is 2. The Morgan fingerprint density at radius 3 is 2.06 bits per heavy atom. The van der Waals surface area contributed by atoms with Gasteiger partial charge in [0.2, 0.25) is 0 Å². The van der Waals surface area contributed by atoms with Gasteiger partial charge in [-0.1, -0.05) is 12.1 Å². The summed E-state index contributed by atoms with van der Waals surface area (Å²) >= 11 is 0. The Hall–Kier alpha value is -1.57. The van der Waals surface area contributed by atoms with E-state index in [2.05, 4.69) is 0 Å². The molecule has 0 saturated carbocycles. The molecule has 0 aliphatic carbocycles. The third-order valence-electron chi connectivity index (χ3n) is 2.15. The molecular weight excluding hydrogens is 249 g/mol. The van der Waals surface area contributed by atoms with E-state index in [-0.39, 0.29) is 0 Å². The molecule has 0 unspecified atom stereocenters. The van der Waals surface area contributed by atoms with Gasteiger partial charge in [-0.15, -0.1) is 0 Å². The largest absolute Gasteiger partial charge is 0.504 e. The summed E-state index contributed by atoms with van der Waals surface area (Å²) in [6, 6.07) is -0.0949. The van der Waals surface area contributed by atoms with E-state index in [1.165, 1.54) is 0 Å². The maximum absolute atomic E-state index is 12.9. The average Bonchev–Trinajstić information content (AvgIpc) is 2.19. The zero-order valence-corrected chi connectivity index (χ0v) is 8.17. The molecule has 0 amide bonds. The molecule has 0 bridgehead atoms. The minimum absolute atomic E-state index is 0.777. The number of halogens is 5. The number of aromatic hydroxyl groups is 2. The third-order valence-corrected chi connectivity index (χ3v) is 2.15. The molecule has 0 aromatic heterocycles. The predicted octanol–water partition coefficient (Wildman–Crippen LogP) is 2.30. The van der Waals surface area contributed by atoms with Crippen LogP contribution in [0.5, 0.6) is 11.5 Å². The zero-order chi connectivity index (χ0) is 13.4. The highest BCUT2D eigenvalue weighted by atomic mass is 19.4. The number of rotatable bonds is 2. The second kappa shape index (κ2) is 4.02. The Bertz CT molecular complexity index is 418. The number of para-hydroxylation sites is 1. The normalized spacial score (nSPS) is 14.7. The summed E-state index contributed by atoms with van der Waals surface area (Å²) in [5.74, 6) is -7.13. The molecule has 0 fully saturated rings. The molecule has 3 nitrogen and oxygen atoms in total.